The minimum atomic E-state index is 0.322. The molecule has 0 aliphatic carbocycles. The van der Waals surface area contributed by atoms with Gasteiger partial charge in [-0.25, -0.2) is 0 Å². The summed E-state index contributed by atoms with van der Waals surface area (Å²) in [6, 6.07) is 6.61. The molecule has 0 saturated heterocycles. The van der Waals surface area contributed by atoms with Crippen molar-refractivity contribution in [1.82, 2.24) is 5.32 Å². The third-order valence-electron chi connectivity index (χ3n) is 5.17. The van der Waals surface area contributed by atoms with Gasteiger partial charge in [0.15, 0.2) is 0 Å². The molecule has 0 saturated carbocycles. The van der Waals surface area contributed by atoms with Crippen LogP contribution in [0, 0.1) is 13.8 Å². The Morgan fingerprint density at radius 1 is 0.970 bits per heavy atom. The van der Waals surface area contributed by atoms with Crippen LogP contribution in [0.5, 0.6) is 0 Å². The molecule has 0 spiro atoms. The summed E-state index contributed by atoms with van der Waals surface area (Å²) in [5.41, 5.74) is 8.93. The first kappa shape index (κ1) is 33.2. The Labute approximate surface area is 207 Å². The topological polar surface area (TPSA) is 24.4 Å². The van der Waals surface area contributed by atoms with E-state index in [1.807, 2.05) is 19.9 Å². The molecule has 0 atom stereocenters. The number of hydrogen-bond acceptors (Lipinski definition) is 2. The average molecular weight is 455 g/mol. The highest BCUT2D eigenvalue weighted by Gasteiger charge is 2.20. The average Bonchev–Trinajstić information content (AvgIpc) is 2.68. The van der Waals surface area contributed by atoms with E-state index in [1.165, 1.54) is 53.5 Å². The Balaban J connectivity index is 0. The predicted octanol–water partition coefficient (Wildman–Crippen LogP) is 9.32. The maximum atomic E-state index is 4.16. The summed E-state index contributed by atoms with van der Waals surface area (Å²) in [5, 5.41) is 3.60. The number of aryl methyl sites for hydroxylation is 3. The quantitative estimate of drug-likeness (QED) is 0.276. The molecule has 1 N–H and O–H groups in total. The molecule has 0 aliphatic heterocycles. The highest BCUT2D eigenvalue weighted by molar-refractivity contribution is 5.93. The fourth-order valence-electron chi connectivity index (χ4n) is 3.70. The predicted molar refractivity (Wildman–Crippen MR) is 154 cm³/mol. The van der Waals surface area contributed by atoms with Crippen LogP contribution in [0.2, 0.25) is 0 Å². The number of benzene rings is 1. The number of nitrogens with zero attached hydrogens (tertiary/aromatic N) is 1. The van der Waals surface area contributed by atoms with Crippen molar-refractivity contribution in [2.24, 2.45) is 4.99 Å². The third kappa shape index (κ3) is 19.3. The van der Waals surface area contributed by atoms with E-state index in [2.05, 4.69) is 104 Å². The van der Waals surface area contributed by atoms with Gasteiger partial charge in [0.05, 0.1) is 0 Å². The number of hydrogen-bond donors (Lipinski definition) is 1. The highest BCUT2D eigenvalue weighted by atomic mass is 15.0. The zero-order valence-electron chi connectivity index (χ0n) is 23.9. The van der Waals surface area contributed by atoms with Gasteiger partial charge in [0.2, 0.25) is 0 Å². The van der Waals surface area contributed by atoms with E-state index in [1.54, 1.807) is 0 Å². The van der Waals surface area contributed by atoms with E-state index >= 15 is 0 Å². The molecule has 0 unspecified atom stereocenters. The second kappa shape index (κ2) is 18.5. The van der Waals surface area contributed by atoms with E-state index in [9.17, 15) is 0 Å². The van der Waals surface area contributed by atoms with Crippen molar-refractivity contribution in [3.63, 3.8) is 0 Å². The maximum absolute atomic E-state index is 4.16. The number of nitrogens with one attached hydrogen (secondary N) is 1. The van der Waals surface area contributed by atoms with Gasteiger partial charge in [-0.15, -0.1) is 0 Å². The van der Waals surface area contributed by atoms with E-state index in [0.29, 0.717) is 5.54 Å². The van der Waals surface area contributed by atoms with Gasteiger partial charge >= 0.3 is 0 Å². The molecular formula is C31H54N2. The van der Waals surface area contributed by atoms with Gasteiger partial charge in [0, 0.05) is 23.5 Å². The molecule has 1 rings (SSSR count). The standard InChI is InChI=1S/C12H25N.C10H14.C9H15N/c1-6-8-12(5,9-7-2)13-10-11(3)4;1-4-10-7-8(2)5-6-9(10)3;1-7(2)6-9(5)10-8(3)4/h13H,3,6-10H2,1-2,4-5H3;5-7H,4H2,1-3H3;6H,3H2,1-2,4-5H3. The monoisotopic (exact) mass is 454 g/mol. The second-order valence-electron chi connectivity index (χ2n) is 9.86. The van der Waals surface area contributed by atoms with Crippen LogP contribution in [0.15, 0.2) is 59.3 Å². The molecule has 0 aromatic heterocycles. The summed E-state index contributed by atoms with van der Waals surface area (Å²) in [6.45, 7) is 31.9. The van der Waals surface area contributed by atoms with Gasteiger partial charge in [-0.1, -0.05) is 81.7 Å². The van der Waals surface area contributed by atoms with Crippen molar-refractivity contribution in [2.45, 2.75) is 114 Å². The van der Waals surface area contributed by atoms with Crippen molar-refractivity contribution in [3.05, 3.63) is 71.0 Å². The van der Waals surface area contributed by atoms with Crippen LogP contribution in [0.1, 0.15) is 105 Å². The molecule has 33 heavy (non-hydrogen) atoms. The van der Waals surface area contributed by atoms with E-state index in [0.717, 1.165) is 24.4 Å². The molecule has 1 aromatic carbocycles. The normalized spacial score (nSPS) is 10.9. The van der Waals surface area contributed by atoms with Crippen LogP contribution in [0.4, 0.5) is 0 Å². The summed E-state index contributed by atoms with van der Waals surface area (Å²) in [5.74, 6) is 0. The smallest absolute Gasteiger partial charge is 0.0374 e. The fraction of sp³-hybridized carbons (Fsp3) is 0.581. The first-order valence-corrected chi connectivity index (χ1v) is 12.6. The van der Waals surface area contributed by atoms with Gasteiger partial charge < -0.3 is 5.32 Å². The van der Waals surface area contributed by atoms with Gasteiger partial charge in [0.25, 0.3) is 0 Å². The molecule has 2 heteroatoms. The van der Waals surface area contributed by atoms with Crippen molar-refractivity contribution < 1.29 is 0 Å². The number of aliphatic imine (C=N–C) groups is 1. The molecule has 188 valence electrons. The van der Waals surface area contributed by atoms with E-state index in [4.69, 9.17) is 0 Å². The lowest BCUT2D eigenvalue weighted by molar-refractivity contribution is 0.312. The van der Waals surface area contributed by atoms with Crippen molar-refractivity contribution in [3.8, 4) is 0 Å². The first-order chi connectivity index (χ1) is 15.3. The molecule has 0 amide bonds. The molecule has 0 heterocycles. The zero-order valence-corrected chi connectivity index (χ0v) is 23.9. The minimum absolute atomic E-state index is 0.322. The summed E-state index contributed by atoms with van der Waals surface area (Å²) in [7, 11) is 0. The van der Waals surface area contributed by atoms with Gasteiger partial charge in [-0.2, -0.15) is 0 Å². The SMILES string of the molecule is C=C(C)CNC(C)(CCC)CCC.C=C(C)N=C(C)C=C(C)C.CCc1cc(C)ccc1C. The third-order valence-corrected chi connectivity index (χ3v) is 5.17. The number of rotatable bonds is 10. The molecular weight excluding hydrogens is 400 g/mol. The van der Waals surface area contributed by atoms with Crippen LogP contribution in [0.3, 0.4) is 0 Å². The fourth-order valence-corrected chi connectivity index (χ4v) is 3.70. The Morgan fingerprint density at radius 3 is 1.88 bits per heavy atom. The van der Waals surface area contributed by atoms with Crippen LogP contribution in [-0.4, -0.2) is 17.8 Å². The lowest BCUT2D eigenvalue weighted by Gasteiger charge is -2.30. The first-order valence-electron chi connectivity index (χ1n) is 12.6. The summed E-state index contributed by atoms with van der Waals surface area (Å²) in [6.07, 6.45) is 8.20. The minimum Gasteiger partial charge on any atom is -0.308 e. The maximum Gasteiger partial charge on any atom is 0.0374 e. The largest absolute Gasteiger partial charge is 0.308 e. The molecule has 2 nitrogen and oxygen atoms in total. The lowest BCUT2D eigenvalue weighted by Crippen LogP contribution is -2.42. The van der Waals surface area contributed by atoms with Crippen LogP contribution in [-0.2, 0) is 6.42 Å². The zero-order chi connectivity index (χ0) is 26.0. The summed E-state index contributed by atoms with van der Waals surface area (Å²) >= 11 is 0. The van der Waals surface area contributed by atoms with Crippen LogP contribution in [0.25, 0.3) is 0 Å². The summed E-state index contributed by atoms with van der Waals surface area (Å²) in [4.78, 5) is 4.16. The Bertz CT molecular complexity index is 755. The van der Waals surface area contributed by atoms with Crippen LogP contribution >= 0.6 is 0 Å². The van der Waals surface area contributed by atoms with E-state index in [-0.39, 0.29) is 0 Å². The van der Waals surface area contributed by atoms with Crippen molar-refractivity contribution in [1.29, 1.82) is 0 Å². The Hall–Kier alpha value is -1.93. The van der Waals surface area contributed by atoms with Gasteiger partial charge in [-0.3, -0.25) is 4.99 Å². The molecule has 0 bridgehead atoms. The number of allylic oxidation sites excluding steroid dienone is 3. The summed E-state index contributed by atoms with van der Waals surface area (Å²) < 4.78 is 0. The van der Waals surface area contributed by atoms with Crippen LogP contribution < -0.4 is 5.32 Å². The highest BCUT2D eigenvalue weighted by Crippen LogP contribution is 2.18. The lowest BCUT2D eigenvalue weighted by atomic mass is 9.90. The Kier molecular flexibility index (Phi) is 18.6. The molecule has 0 radical (unpaired) electrons. The molecule has 0 aliphatic rings. The molecule has 0 fully saturated rings. The van der Waals surface area contributed by atoms with Gasteiger partial charge in [0.1, 0.15) is 0 Å². The Morgan fingerprint density at radius 2 is 1.52 bits per heavy atom. The van der Waals surface area contributed by atoms with Gasteiger partial charge in [-0.05, 0) is 91.9 Å². The second-order valence-corrected chi connectivity index (χ2v) is 9.86. The van der Waals surface area contributed by atoms with Crippen molar-refractivity contribution in [2.75, 3.05) is 6.54 Å². The molecule has 1 aromatic rings. The van der Waals surface area contributed by atoms with Crippen molar-refractivity contribution >= 4 is 5.71 Å². The van der Waals surface area contributed by atoms with E-state index < -0.39 is 0 Å².